The Balaban J connectivity index is 2.94. The fraction of sp³-hybridized carbons (Fsp3) is 0.200. The maximum atomic E-state index is 10.4. The summed E-state index contributed by atoms with van der Waals surface area (Å²) in [5.41, 5.74) is 0. The molecule has 0 radical (unpaired) electrons. The van der Waals surface area contributed by atoms with Gasteiger partial charge in [0.2, 0.25) is 0 Å². The highest BCUT2D eigenvalue weighted by Crippen LogP contribution is 2.09. The van der Waals surface area contributed by atoms with Crippen molar-refractivity contribution < 1.29 is 5.11 Å². The minimum absolute atomic E-state index is 0.415. The van der Waals surface area contributed by atoms with E-state index in [1.165, 1.54) is 18.0 Å². The number of rotatable bonds is 1. The molecule has 0 aromatic carbocycles. The Kier molecular flexibility index (Phi) is 1.89. The molecule has 1 rings (SSSR count). The number of nitrogens with zero attached hydrogens (tertiary/aromatic N) is 2. The van der Waals surface area contributed by atoms with Crippen LogP contribution < -0.4 is 5.11 Å². The Morgan fingerprint density at radius 1 is 1.67 bits per heavy atom. The Morgan fingerprint density at radius 3 is 2.89 bits per heavy atom. The van der Waals surface area contributed by atoms with Crippen LogP contribution in [0.5, 0.6) is 6.01 Å². The van der Waals surface area contributed by atoms with E-state index in [-0.39, 0.29) is 0 Å². The summed E-state index contributed by atoms with van der Waals surface area (Å²) in [4.78, 5) is 7.00. The maximum absolute atomic E-state index is 10.4. The largest absolute Gasteiger partial charge is 0.844 e. The van der Waals surface area contributed by atoms with Gasteiger partial charge < -0.3 is 5.11 Å². The van der Waals surface area contributed by atoms with Crippen LogP contribution in [0.2, 0.25) is 0 Å². The third kappa shape index (κ3) is 1.57. The van der Waals surface area contributed by atoms with E-state index < -0.39 is 6.01 Å². The SMILES string of the molecule is CSc1ccnc([O-])n1. The smallest absolute Gasteiger partial charge is 0.0984 e. The molecule has 0 aliphatic carbocycles. The first-order valence-corrected chi connectivity index (χ1v) is 3.59. The molecular weight excluding hydrogens is 136 g/mol. The van der Waals surface area contributed by atoms with Gasteiger partial charge in [-0.2, -0.15) is 0 Å². The lowest BCUT2D eigenvalue weighted by Crippen LogP contribution is -1.96. The summed E-state index contributed by atoms with van der Waals surface area (Å²) in [5, 5.41) is 11.1. The van der Waals surface area contributed by atoms with Gasteiger partial charge in [-0.3, -0.25) is 4.98 Å². The molecule has 1 aromatic rings. The standard InChI is InChI=1S/C5H6N2OS/c1-9-4-2-3-6-5(8)7-4/h2-3H,1H3,(H,6,7,8)/p-1. The van der Waals surface area contributed by atoms with Gasteiger partial charge in [-0.15, -0.1) is 11.8 Å². The van der Waals surface area contributed by atoms with Gasteiger partial charge >= 0.3 is 0 Å². The average molecular weight is 141 g/mol. The fourth-order valence-electron chi connectivity index (χ4n) is 0.439. The average Bonchev–Trinajstić information content (AvgIpc) is 1.88. The predicted octanol–water partition coefficient (Wildman–Crippen LogP) is 0.272. The minimum atomic E-state index is -0.415. The van der Waals surface area contributed by atoms with E-state index >= 15 is 0 Å². The highest BCUT2D eigenvalue weighted by atomic mass is 32.2. The van der Waals surface area contributed by atoms with Crippen LogP contribution in [0, 0.1) is 0 Å². The van der Waals surface area contributed by atoms with E-state index in [1.54, 1.807) is 6.07 Å². The van der Waals surface area contributed by atoms with Crippen molar-refractivity contribution in [1.29, 1.82) is 0 Å². The summed E-state index contributed by atoms with van der Waals surface area (Å²) in [5.74, 6) is 0. The lowest BCUT2D eigenvalue weighted by molar-refractivity contribution is -0.282. The molecule has 0 amide bonds. The quantitative estimate of drug-likeness (QED) is 0.416. The Hall–Kier alpha value is -0.770. The molecule has 0 spiro atoms. The van der Waals surface area contributed by atoms with Gasteiger partial charge in [0.05, 0.1) is 11.0 Å². The van der Waals surface area contributed by atoms with Gasteiger partial charge in [-0.25, -0.2) is 4.98 Å². The third-order valence-electron chi connectivity index (χ3n) is 0.817. The van der Waals surface area contributed by atoms with E-state index in [0.29, 0.717) is 0 Å². The molecule has 0 unspecified atom stereocenters. The monoisotopic (exact) mass is 141 g/mol. The summed E-state index contributed by atoms with van der Waals surface area (Å²) in [6.07, 6.45) is 3.32. The van der Waals surface area contributed by atoms with E-state index in [4.69, 9.17) is 0 Å². The highest BCUT2D eigenvalue weighted by Gasteiger charge is 1.86. The lowest BCUT2D eigenvalue weighted by Gasteiger charge is -2.01. The fourth-order valence-corrected chi connectivity index (χ4v) is 0.805. The second kappa shape index (κ2) is 2.68. The first kappa shape index (κ1) is 6.35. The summed E-state index contributed by atoms with van der Waals surface area (Å²) in [7, 11) is 0. The first-order chi connectivity index (χ1) is 4.33. The van der Waals surface area contributed by atoms with Gasteiger partial charge in [0.1, 0.15) is 0 Å². The molecule has 0 saturated heterocycles. The molecule has 9 heavy (non-hydrogen) atoms. The van der Waals surface area contributed by atoms with Crippen molar-refractivity contribution in [2.75, 3.05) is 6.26 Å². The maximum Gasteiger partial charge on any atom is 0.0984 e. The lowest BCUT2D eigenvalue weighted by atomic mass is 10.7. The molecule has 0 aliphatic heterocycles. The molecule has 0 N–H and O–H groups in total. The second-order valence-corrected chi connectivity index (χ2v) is 2.21. The summed E-state index contributed by atoms with van der Waals surface area (Å²) in [6.45, 7) is 0. The van der Waals surface area contributed by atoms with Gasteiger partial charge in [0.15, 0.2) is 0 Å². The topological polar surface area (TPSA) is 48.8 Å². The van der Waals surface area contributed by atoms with Crippen LogP contribution in [0.25, 0.3) is 0 Å². The predicted molar refractivity (Wildman–Crippen MR) is 33.3 cm³/mol. The third-order valence-corrected chi connectivity index (χ3v) is 1.46. The van der Waals surface area contributed by atoms with E-state index in [0.717, 1.165) is 5.03 Å². The van der Waals surface area contributed by atoms with E-state index in [2.05, 4.69) is 9.97 Å². The van der Waals surface area contributed by atoms with Crippen LogP contribution in [0.15, 0.2) is 17.3 Å². The van der Waals surface area contributed by atoms with Crippen molar-refractivity contribution in [3.8, 4) is 6.01 Å². The van der Waals surface area contributed by atoms with Crippen molar-refractivity contribution in [3.05, 3.63) is 12.3 Å². The van der Waals surface area contributed by atoms with Crippen LogP contribution in [-0.4, -0.2) is 16.2 Å². The van der Waals surface area contributed by atoms with Gasteiger partial charge in [-0.1, -0.05) is 0 Å². The molecule has 3 nitrogen and oxygen atoms in total. The number of thioether (sulfide) groups is 1. The van der Waals surface area contributed by atoms with E-state index in [9.17, 15) is 5.11 Å². The Labute approximate surface area is 57.2 Å². The molecule has 0 aliphatic rings. The summed E-state index contributed by atoms with van der Waals surface area (Å²) >= 11 is 1.43. The summed E-state index contributed by atoms with van der Waals surface area (Å²) < 4.78 is 0. The number of aromatic nitrogens is 2. The first-order valence-electron chi connectivity index (χ1n) is 2.37. The molecule has 0 fully saturated rings. The van der Waals surface area contributed by atoms with Crippen LogP contribution in [0.4, 0.5) is 0 Å². The highest BCUT2D eigenvalue weighted by molar-refractivity contribution is 7.98. The Bertz CT molecular complexity index is 204. The molecule has 48 valence electrons. The zero-order valence-corrected chi connectivity index (χ0v) is 5.68. The van der Waals surface area contributed by atoms with Crippen molar-refractivity contribution in [3.63, 3.8) is 0 Å². The molecule has 1 aromatic heterocycles. The van der Waals surface area contributed by atoms with Crippen molar-refractivity contribution in [2.45, 2.75) is 5.03 Å². The number of hydrogen-bond donors (Lipinski definition) is 0. The van der Waals surface area contributed by atoms with Crippen molar-refractivity contribution >= 4 is 11.8 Å². The van der Waals surface area contributed by atoms with Crippen LogP contribution in [0.1, 0.15) is 0 Å². The van der Waals surface area contributed by atoms with Gasteiger partial charge in [-0.05, 0) is 12.3 Å². The van der Waals surface area contributed by atoms with Crippen LogP contribution >= 0.6 is 11.8 Å². The van der Waals surface area contributed by atoms with Crippen LogP contribution in [0.3, 0.4) is 0 Å². The number of hydrogen-bond acceptors (Lipinski definition) is 4. The van der Waals surface area contributed by atoms with Crippen LogP contribution in [-0.2, 0) is 0 Å². The van der Waals surface area contributed by atoms with Crippen molar-refractivity contribution in [1.82, 2.24) is 9.97 Å². The minimum Gasteiger partial charge on any atom is -0.844 e. The second-order valence-electron chi connectivity index (χ2n) is 1.38. The van der Waals surface area contributed by atoms with Crippen molar-refractivity contribution in [2.24, 2.45) is 0 Å². The molecule has 0 atom stereocenters. The normalized spacial score (nSPS) is 9.44. The van der Waals surface area contributed by atoms with E-state index in [1.807, 2.05) is 6.26 Å². The zero-order chi connectivity index (χ0) is 6.69. The molecule has 0 bridgehead atoms. The molecule has 0 saturated carbocycles. The molecule has 4 heteroatoms. The zero-order valence-electron chi connectivity index (χ0n) is 4.87. The summed E-state index contributed by atoms with van der Waals surface area (Å²) in [6, 6.07) is 1.29. The molecule has 1 heterocycles. The van der Waals surface area contributed by atoms with Gasteiger partial charge in [0, 0.05) is 6.20 Å². The molecular formula is C5H5N2OS-. The van der Waals surface area contributed by atoms with Gasteiger partial charge in [0.25, 0.3) is 0 Å². The Morgan fingerprint density at radius 2 is 2.44 bits per heavy atom.